The fourth-order valence-electron chi connectivity index (χ4n) is 1.24. The third kappa shape index (κ3) is 2.55. The Balaban J connectivity index is 3.04. The topological polar surface area (TPSA) is 0 Å². The molecule has 0 aromatic heterocycles. The molecule has 68 valence electrons. The van der Waals surface area contributed by atoms with Gasteiger partial charge in [-0.25, -0.2) is 4.39 Å². The van der Waals surface area contributed by atoms with Crippen LogP contribution >= 0.6 is 0 Å². The van der Waals surface area contributed by atoms with Crippen molar-refractivity contribution in [3.8, 4) is 0 Å². The van der Waals surface area contributed by atoms with Crippen LogP contribution in [0.15, 0.2) is 48.8 Å². The summed E-state index contributed by atoms with van der Waals surface area (Å²) in [6, 6.07) is 9.54. The van der Waals surface area contributed by atoms with Gasteiger partial charge in [-0.15, -0.1) is 6.58 Å². The highest BCUT2D eigenvalue weighted by Gasteiger charge is 2.02. The highest BCUT2D eigenvalue weighted by atomic mass is 19.1. The second kappa shape index (κ2) is 4.61. The monoisotopic (exact) mass is 176 g/mol. The molecule has 1 aromatic carbocycles. The van der Waals surface area contributed by atoms with Crippen LogP contribution in [0.5, 0.6) is 0 Å². The molecule has 0 aliphatic heterocycles. The maximum atomic E-state index is 13.1. The van der Waals surface area contributed by atoms with E-state index < -0.39 is 0 Å². The Bertz CT molecular complexity index is 305. The van der Waals surface area contributed by atoms with E-state index >= 15 is 0 Å². The van der Waals surface area contributed by atoms with Crippen molar-refractivity contribution >= 4 is 5.57 Å². The summed E-state index contributed by atoms with van der Waals surface area (Å²) in [4.78, 5) is 0. The van der Waals surface area contributed by atoms with Crippen molar-refractivity contribution in [2.75, 3.05) is 0 Å². The molecule has 0 unspecified atom stereocenters. The summed E-state index contributed by atoms with van der Waals surface area (Å²) in [5.41, 5.74) is 1.65. The van der Waals surface area contributed by atoms with Gasteiger partial charge in [0.2, 0.25) is 0 Å². The van der Waals surface area contributed by atoms with E-state index in [2.05, 4.69) is 6.58 Å². The van der Waals surface area contributed by atoms with E-state index in [-0.39, 0.29) is 5.83 Å². The number of benzene rings is 1. The van der Waals surface area contributed by atoms with Gasteiger partial charge in [0, 0.05) is 0 Å². The van der Waals surface area contributed by atoms with E-state index in [1.807, 2.05) is 30.3 Å². The van der Waals surface area contributed by atoms with Gasteiger partial charge in [-0.3, -0.25) is 0 Å². The zero-order valence-electron chi connectivity index (χ0n) is 7.76. The first-order chi connectivity index (χ1) is 6.25. The molecule has 0 radical (unpaired) electrons. The van der Waals surface area contributed by atoms with E-state index in [9.17, 15) is 4.39 Å². The van der Waals surface area contributed by atoms with Crippen molar-refractivity contribution in [3.63, 3.8) is 0 Å². The molecule has 0 fully saturated rings. The van der Waals surface area contributed by atoms with Gasteiger partial charge in [0.15, 0.2) is 0 Å². The average Bonchev–Trinajstić information content (AvgIpc) is 2.15. The lowest BCUT2D eigenvalue weighted by Crippen LogP contribution is -1.84. The first-order valence-electron chi connectivity index (χ1n) is 4.27. The van der Waals surface area contributed by atoms with E-state index in [4.69, 9.17) is 0 Å². The summed E-state index contributed by atoms with van der Waals surface area (Å²) in [6.07, 6.45) is 2.29. The Kier molecular flexibility index (Phi) is 3.44. The Morgan fingerprint density at radius 1 is 1.38 bits per heavy atom. The molecule has 13 heavy (non-hydrogen) atoms. The second-order valence-corrected chi connectivity index (χ2v) is 2.87. The van der Waals surface area contributed by atoms with E-state index in [0.29, 0.717) is 6.42 Å². The van der Waals surface area contributed by atoms with Crippen molar-refractivity contribution in [3.05, 3.63) is 54.4 Å². The predicted molar refractivity (Wildman–Crippen MR) is 55.0 cm³/mol. The van der Waals surface area contributed by atoms with Crippen molar-refractivity contribution < 1.29 is 4.39 Å². The zero-order chi connectivity index (χ0) is 9.68. The van der Waals surface area contributed by atoms with Gasteiger partial charge >= 0.3 is 0 Å². The second-order valence-electron chi connectivity index (χ2n) is 2.87. The van der Waals surface area contributed by atoms with Crippen LogP contribution in [-0.4, -0.2) is 0 Å². The molecule has 0 aliphatic rings. The fourth-order valence-corrected chi connectivity index (χ4v) is 1.24. The summed E-state index contributed by atoms with van der Waals surface area (Å²) in [5, 5.41) is 0. The Hall–Kier alpha value is -1.37. The molecule has 0 nitrogen and oxygen atoms in total. The number of halogens is 1. The quantitative estimate of drug-likeness (QED) is 0.611. The summed E-state index contributed by atoms with van der Waals surface area (Å²) in [6.45, 7) is 5.09. The molecular weight excluding hydrogens is 163 g/mol. The van der Waals surface area contributed by atoms with Gasteiger partial charge in [-0.05, 0) is 24.5 Å². The SMILES string of the molecule is C=CC/C(=C(/C)F)c1ccccc1. The third-order valence-electron chi connectivity index (χ3n) is 1.89. The minimum absolute atomic E-state index is 0.133. The molecule has 0 amide bonds. The maximum Gasteiger partial charge on any atom is 0.101 e. The molecule has 0 spiro atoms. The molecule has 0 saturated heterocycles. The summed E-state index contributed by atoms with van der Waals surface area (Å²) in [5.74, 6) is -0.133. The molecule has 0 atom stereocenters. The zero-order valence-corrected chi connectivity index (χ0v) is 7.76. The fraction of sp³-hybridized carbons (Fsp3) is 0.167. The summed E-state index contributed by atoms with van der Waals surface area (Å²) in [7, 11) is 0. The normalized spacial score (nSPS) is 12.2. The summed E-state index contributed by atoms with van der Waals surface area (Å²) < 4.78 is 13.1. The van der Waals surface area contributed by atoms with Crippen LogP contribution < -0.4 is 0 Å². The number of hydrogen-bond donors (Lipinski definition) is 0. The van der Waals surface area contributed by atoms with Crippen molar-refractivity contribution in [2.45, 2.75) is 13.3 Å². The van der Waals surface area contributed by atoms with E-state index in [1.165, 1.54) is 6.92 Å². The van der Waals surface area contributed by atoms with Gasteiger partial charge in [0.1, 0.15) is 5.83 Å². The molecule has 0 aliphatic carbocycles. The van der Waals surface area contributed by atoms with Crippen LogP contribution in [0, 0.1) is 0 Å². The Labute approximate surface area is 78.4 Å². The first-order valence-corrected chi connectivity index (χ1v) is 4.27. The smallest absolute Gasteiger partial charge is 0.101 e. The molecule has 0 bridgehead atoms. The van der Waals surface area contributed by atoms with E-state index in [0.717, 1.165) is 11.1 Å². The maximum absolute atomic E-state index is 13.1. The number of allylic oxidation sites excluding steroid dienone is 3. The van der Waals surface area contributed by atoms with E-state index in [1.54, 1.807) is 6.08 Å². The Morgan fingerprint density at radius 2 is 2.00 bits per heavy atom. The van der Waals surface area contributed by atoms with Gasteiger partial charge in [-0.1, -0.05) is 36.4 Å². The predicted octanol–water partition coefficient (Wildman–Crippen LogP) is 3.96. The third-order valence-corrected chi connectivity index (χ3v) is 1.89. The molecular formula is C12H13F. The van der Waals surface area contributed by atoms with Crippen molar-refractivity contribution in [1.29, 1.82) is 0 Å². The van der Waals surface area contributed by atoms with Crippen LogP contribution in [0.3, 0.4) is 0 Å². The molecule has 0 N–H and O–H groups in total. The van der Waals surface area contributed by atoms with Crippen LogP contribution in [-0.2, 0) is 0 Å². The van der Waals surface area contributed by atoms with Gasteiger partial charge in [0.05, 0.1) is 0 Å². The molecule has 0 saturated carbocycles. The average molecular weight is 176 g/mol. The largest absolute Gasteiger partial charge is 0.212 e. The highest BCUT2D eigenvalue weighted by molar-refractivity contribution is 5.67. The Morgan fingerprint density at radius 3 is 2.46 bits per heavy atom. The standard InChI is InChI=1S/C12H13F/c1-3-7-12(10(2)13)11-8-5-4-6-9-11/h3-6,8-9H,1,7H2,2H3/b12-10+. The van der Waals surface area contributed by atoms with Crippen molar-refractivity contribution in [1.82, 2.24) is 0 Å². The molecule has 0 heterocycles. The minimum Gasteiger partial charge on any atom is -0.212 e. The lowest BCUT2D eigenvalue weighted by Gasteiger charge is -2.04. The summed E-state index contributed by atoms with van der Waals surface area (Å²) >= 11 is 0. The van der Waals surface area contributed by atoms with Crippen LogP contribution in [0.1, 0.15) is 18.9 Å². The molecule has 1 rings (SSSR count). The lowest BCUT2D eigenvalue weighted by molar-refractivity contribution is 0.641. The number of rotatable bonds is 3. The highest BCUT2D eigenvalue weighted by Crippen LogP contribution is 2.22. The van der Waals surface area contributed by atoms with Gasteiger partial charge in [0.25, 0.3) is 0 Å². The van der Waals surface area contributed by atoms with Crippen molar-refractivity contribution in [2.24, 2.45) is 0 Å². The lowest BCUT2D eigenvalue weighted by atomic mass is 10.0. The van der Waals surface area contributed by atoms with Gasteiger partial charge in [-0.2, -0.15) is 0 Å². The van der Waals surface area contributed by atoms with Gasteiger partial charge < -0.3 is 0 Å². The van der Waals surface area contributed by atoms with Crippen LogP contribution in [0.4, 0.5) is 4.39 Å². The molecule has 1 aromatic rings. The molecule has 1 heteroatoms. The number of hydrogen-bond acceptors (Lipinski definition) is 0. The van der Waals surface area contributed by atoms with Crippen LogP contribution in [0.25, 0.3) is 5.57 Å². The van der Waals surface area contributed by atoms with Crippen LogP contribution in [0.2, 0.25) is 0 Å². The minimum atomic E-state index is -0.133. The first kappa shape index (κ1) is 9.72.